The maximum atomic E-state index is 12.7. The Morgan fingerprint density at radius 1 is 1.05 bits per heavy atom. The second-order valence-corrected chi connectivity index (χ2v) is 4.00. The second-order valence-electron chi connectivity index (χ2n) is 4.00. The summed E-state index contributed by atoms with van der Waals surface area (Å²) in [5.41, 5.74) is 1.11. The molecule has 0 aliphatic heterocycles. The van der Waals surface area contributed by atoms with E-state index in [0.29, 0.717) is 23.2 Å². The first-order chi connectivity index (χ1) is 9.67. The summed E-state index contributed by atoms with van der Waals surface area (Å²) < 4.78 is 17.7. The number of rotatable bonds is 4. The fourth-order valence-corrected chi connectivity index (χ4v) is 1.54. The van der Waals surface area contributed by atoms with Crippen LogP contribution in [0.4, 0.5) is 4.39 Å². The van der Waals surface area contributed by atoms with Gasteiger partial charge in [-0.1, -0.05) is 24.3 Å². The fraction of sp³-hybridized carbons (Fsp3) is 0. The molecule has 0 unspecified atom stereocenters. The number of benzene rings is 2. The van der Waals surface area contributed by atoms with Gasteiger partial charge in [-0.05, 0) is 35.9 Å². The molecular weight excluding hydrogens is 259 g/mol. The third kappa shape index (κ3) is 3.88. The lowest BCUT2D eigenvalue weighted by Gasteiger charge is -2.01. The molecule has 0 saturated heterocycles. The fourth-order valence-electron chi connectivity index (χ4n) is 1.54. The van der Waals surface area contributed by atoms with Crippen LogP contribution in [0.15, 0.2) is 54.6 Å². The Morgan fingerprint density at radius 3 is 2.50 bits per heavy atom. The van der Waals surface area contributed by atoms with Crippen LogP contribution < -0.4 is 4.74 Å². The molecule has 100 valence electrons. The van der Waals surface area contributed by atoms with E-state index in [-0.39, 0.29) is 5.82 Å². The van der Waals surface area contributed by atoms with Crippen molar-refractivity contribution < 1.29 is 18.7 Å². The minimum atomic E-state index is -0.572. The summed E-state index contributed by atoms with van der Waals surface area (Å²) in [5, 5.41) is 0. The number of aldehydes is 1. The largest absolute Gasteiger partial charge is 0.423 e. The molecule has 3 nitrogen and oxygen atoms in total. The van der Waals surface area contributed by atoms with Crippen LogP contribution in [0.5, 0.6) is 5.75 Å². The molecular formula is C16H11FO3. The van der Waals surface area contributed by atoms with Gasteiger partial charge in [-0.25, -0.2) is 9.18 Å². The van der Waals surface area contributed by atoms with Gasteiger partial charge in [-0.2, -0.15) is 0 Å². The van der Waals surface area contributed by atoms with Crippen LogP contribution in [0.1, 0.15) is 15.9 Å². The Kier molecular flexibility index (Phi) is 4.39. The Balaban J connectivity index is 2.01. The van der Waals surface area contributed by atoms with Crippen LogP contribution >= 0.6 is 0 Å². The van der Waals surface area contributed by atoms with Crippen molar-refractivity contribution in [2.75, 3.05) is 0 Å². The average molecular weight is 270 g/mol. The number of esters is 1. The number of hydrogen-bond donors (Lipinski definition) is 0. The molecule has 0 fully saturated rings. The standard InChI is InChI=1S/C16H11FO3/c17-14-7-4-12(5-8-14)6-9-16(19)20-15-3-1-2-13(10-15)11-18/h1-11H. The first kappa shape index (κ1) is 13.7. The van der Waals surface area contributed by atoms with Crippen LogP contribution in [0.2, 0.25) is 0 Å². The SMILES string of the molecule is O=Cc1cccc(OC(=O)C=Cc2ccc(F)cc2)c1. The Morgan fingerprint density at radius 2 is 1.80 bits per heavy atom. The first-order valence-corrected chi connectivity index (χ1v) is 5.88. The van der Waals surface area contributed by atoms with Crippen molar-refractivity contribution in [3.63, 3.8) is 0 Å². The minimum absolute atomic E-state index is 0.295. The summed E-state index contributed by atoms with van der Waals surface area (Å²) in [6.45, 7) is 0. The van der Waals surface area contributed by atoms with Crippen LogP contribution in [-0.2, 0) is 4.79 Å². The zero-order chi connectivity index (χ0) is 14.4. The highest BCUT2D eigenvalue weighted by atomic mass is 19.1. The summed E-state index contributed by atoms with van der Waals surface area (Å²) >= 11 is 0. The molecule has 0 amide bonds. The monoisotopic (exact) mass is 270 g/mol. The zero-order valence-corrected chi connectivity index (χ0v) is 10.5. The molecule has 2 rings (SSSR count). The van der Waals surface area contributed by atoms with E-state index in [1.807, 2.05) is 0 Å². The summed E-state index contributed by atoms with van der Waals surface area (Å²) in [7, 11) is 0. The molecule has 0 radical (unpaired) electrons. The molecule has 0 saturated carbocycles. The molecule has 0 atom stereocenters. The van der Waals surface area contributed by atoms with Gasteiger partial charge in [0.15, 0.2) is 0 Å². The second kappa shape index (κ2) is 6.43. The maximum absolute atomic E-state index is 12.7. The van der Waals surface area contributed by atoms with Gasteiger partial charge in [0.25, 0.3) is 0 Å². The molecule has 2 aromatic carbocycles. The van der Waals surface area contributed by atoms with Gasteiger partial charge < -0.3 is 4.74 Å². The van der Waals surface area contributed by atoms with Crippen molar-refractivity contribution in [3.8, 4) is 5.75 Å². The Hall–Kier alpha value is -2.75. The molecule has 0 aromatic heterocycles. The molecule has 0 bridgehead atoms. The third-order valence-corrected chi connectivity index (χ3v) is 2.49. The Bertz CT molecular complexity index is 645. The number of carbonyl (C=O) groups is 2. The van der Waals surface area contributed by atoms with Crippen molar-refractivity contribution in [3.05, 3.63) is 71.6 Å². The smallest absolute Gasteiger partial charge is 0.336 e. The van der Waals surface area contributed by atoms with E-state index < -0.39 is 5.97 Å². The van der Waals surface area contributed by atoms with Crippen LogP contribution in [-0.4, -0.2) is 12.3 Å². The summed E-state index contributed by atoms with van der Waals surface area (Å²) in [5.74, 6) is -0.615. The Labute approximate surface area is 115 Å². The van der Waals surface area contributed by atoms with Gasteiger partial charge in [-0.3, -0.25) is 4.79 Å². The minimum Gasteiger partial charge on any atom is -0.423 e. The predicted molar refractivity (Wildman–Crippen MR) is 72.9 cm³/mol. The zero-order valence-electron chi connectivity index (χ0n) is 10.5. The number of ether oxygens (including phenoxy) is 1. The van der Waals surface area contributed by atoms with Gasteiger partial charge in [-0.15, -0.1) is 0 Å². The van der Waals surface area contributed by atoms with Gasteiger partial charge in [0.05, 0.1) is 0 Å². The summed E-state index contributed by atoms with van der Waals surface area (Å²) in [4.78, 5) is 22.2. The molecule has 0 spiro atoms. The third-order valence-electron chi connectivity index (χ3n) is 2.49. The highest BCUT2D eigenvalue weighted by Gasteiger charge is 2.01. The number of carbonyl (C=O) groups excluding carboxylic acids is 2. The van der Waals surface area contributed by atoms with Crippen molar-refractivity contribution in [1.29, 1.82) is 0 Å². The molecule has 0 aliphatic rings. The topological polar surface area (TPSA) is 43.4 Å². The number of halogens is 1. The van der Waals surface area contributed by atoms with Gasteiger partial charge in [0, 0.05) is 11.6 Å². The summed E-state index contributed by atoms with van der Waals surface area (Å²) in [6, 6.07) is 12.0. The van der Waals surface area contributed by atoms with Crippen LogP contribution in [0.3, 0.4) is 0 Å². The normalized spacial score (nSPS) is 10.4. The number of hydrogen-bond acceptors (Lipinski definition) is 3. The maximum Gasteiger partial charge on any atom is 0.336 e. The van der Waals surface area contributed by atoms with E-state index in [1.165, 1.54) is 30.4 Å². The van der Waals surface area contributed by atoms with Crippen molar-refractivity contribution in [2.45, 2.75) is 0 Å². The summed E-state index contributed by atoms with van der Waals surface area (Å²) in [6.07, 6.45) is 3.43. The predicted octanol–water partition coefficient (Wildman–Crippen LogP) is 3.26. The highest BCUT2D eigenvalue weighted by molar-refractivity contribution is 5.89. The first-order valence-electron chi connectivity index (χ1n) is 5.88. The molecule has 0 N–H and O–H groups in total. The van der Waals surface area contributed by atoms with E-state index in [9.17, 15) is 14.0 Å². The van der Waals surface area contributed by atoms with Gasteiger partial charge in [0.1, 0.15) is 17.9 Å². The van der Waals surface area contributed by atoms with Crippen LogP contribution in [0, 0.1) is 5.82 Å². The lowest BCUT2D eigenvalue weighted by molar-refractivity contribution is -0.128. The van der Waals surface area contributed by atoms with Crippen molar-refractivity contribution in [1.82, 2.24) is 0 Å². The molecule has 4 heteroatoms. The van der Waals surface area contributed by atoms with Gasteiger partial charge >= 0.3 is 5.97 Å². The van der Waals surface area contributed by atoms with E-state index in [2.05, 4.69) is 0 Å². The lowest BCUT2D eigenvalue weighted by atomic mass is 10.2. The molecule has 0 aliphatic carbocycles. The quantitative estimate of drug-likeness (QED) is 0.371. The average Bonchev–Trinajstić information content (AvgIpc) is 2.47. The molecule has 20 heavy (non-hydrogen) atoms. The highest BCUT2D eigenvalue weighted by Crippen LogP contribution is 2.12. The van der Waals surface area contributed by atoms with Crippen molar-refractivity contribution >= 4 is 18.3 Å². The molecule has 2 aromatic rings. The van der Waals surface area contributed by atoms with E-state index in [0.717, 1.165) is 0 Å². The lowest BCUT2D eigenvalue weighted by Crippen LogP contribution is -2.03. The van der Waals surface area contributed by atoms with Crippen LogP contribution in [0.25, 0.3) is 6.08 Å². The van der Waals surface area contributed by atoms with Crippen molar-refractivity contribution in [2.24, 2.45) is 0 Å². The molecule has 0 heterocycles. The van der Waals surface area contributed by atoms with E-state index in [1.54, 1.807) is 30.3 Å². The van der Waals surface area contributed by atoms with E-state index in [4.69, 9.17) is 4.74 Å². The van der Waals surface area contributed by atoms with E-state index >= 15 is 0 Å². The van der Waals surface area contributed by atoms with Gasteiger partial charge in [0.2, 0.25) is 0 Å².